The summed E-state index contributed by atoms with van der Waals surface area (Å²) in [6.45, 7) is 6.15. The van der Waals surface area contributed by atoms with Gasteiger partial charge in [-0.3, -0.25) is 10.1 Å². The Morgan fingerprint density at radius 3 is 2.05 bits per heavy atom. The van der Waals surface area contributed by atoms with Gasteiger partial charge in [0.2, 0.25) is 0 Å². The zero-order valence-corrected chi connectivity index (χ0v) is 13.2. The second-order valence-corrected chi connectivity index (χ2v) is 4.99. The van der Waals surface area contributed by atoms with Crippen molar-refractivity contribution in [3.8, 4) is 0 Å². The Morgan fingerprint density at radius 2 is 1.50 bits per heavy atom. The molecule has 0 radical (unpaired) electrons. The lowest BCUT2D eigenvalue weighted by Gasteiger charge is -2.23. The first kappa shape index (κ1) is 15.8. The van der Waals surface area contributed by atoms with Crippen LogP contribution >= 0.6 is 0 Å². The first-order chi connectivity index (χ1) is 10.6. The molecule has 116 valence electrons. The zero-order chi connectivity index (χ0) is 16.1. The van der Waals surface area contributed by atoms with Crippen molar-refractivity contribution in [2.24, 2.45) is 0 Å². The van der Waals surface area contributed by atoms with Gasteiger partial charge in [0.25, 0.3) is 5.69 Å². The normalized spacial score (nSPS) is 10.3. The second kappa shape index (κ2) is 6.93. The SMILES string of the molecule is CCN(CC)c1ccc(N(C)c2ccccc2[N+](=O)[O-])cc1. The summed E-state index contributed by atoms with van der Waals surface area (Å²) < 4.78 is 0. The molecule has 2 rings (SSSR count). The fraction of sp³-hybridized carbons (Fsp3) is 0.294. The number of para-hydroxylation sites is 2. The highest BCUT2D eigenvalue weighted by Crippen LogP contribution is 2.32. The third kappa shape index (κ3) is 3.19. The Balaban J connectivity index is 2.31. The molecule has 0 aliphatic heterocycles. The van der Waals surface area contributed by atoms with Crippen molar-refractivity contribution in [2.75, 3.05) is 29.9 Å². The van der Waals surface area contributed by atoms with Gasteiger partial charge in [-0.05, 0) is 44.2 Å². The molecule has 0 spiro atoms. The Kier molecular flexibility index (Phi) is 4.99. The molecule has 2 aromatic rings. The molecular formula is C17H21N3O2. The monoisotopic (exact) mass is 299 g/mol. The van der Waals surface area contributed by atoms with E-state index in [1.54, 1.807) is 12.1 Å². The maximum atomic E-state index is 11.2. The standard InChI is InChI=1S/C17H21N3O2/c1-4-19(5-2)15-12-10-14(11-13-15)18(3)16-8-6-7-9-17(16)20(21)22/h6-13H,4-5H2,1-3H3. The van der Waals surface area contributed by atoms with Gasteiger partial charge in [-0.2, -0.15) is 0 Å². The van der Waals surface area contributed by atoms with Crippen molar-refractivity contribution in [3.05, 3.63) is 58.6 Å². The van der Waals surface area contributed by atoms with Crippen molar-refractivity contribution in [3.63, 3.8) is 0 Å². The van der Waals surface area contributed by atoms with E-state index in [1.807, 2.05) is 42.3 Å². The van der Waals surface area contributed by atoms with Crippen LogP contribution in [-0.4, -0.2) is 25.1 Å². The number of hydrogen-bond acceptors (Lipinski definition) is 4. The lowest BCUT2D eigenvalue weighted by Crippen LogP contribution is -2.21. The molecule has 0 fully saturated rings. The highest BCUT2D eigenvalue weighted by Gasteiger charge is 2.17. The number of nitro benzene ring substituents is 1. The molecule has 22 heavy (non-hydrogen) atoms. The first-order valence-corrected chi connectivity index (χ1v) is 7.40. The Morgan fingerprint density at radius 1 is 0.955 bits per heavy atom. The lowest BCUT2D eigenvalue weighted by molar-refractivity contribution is -0.384. The Labute approximate surface area is 130 Å². The van der Waals surface area contributed by atoms with Gasteiger partial charge in [0.15, 0.2) is 0 Å². The van der Waals surface area contributed by atoms with E-state index in [-0.39, 0.29) is 10.6 Å². The predicted octanol–water partition coefficient (Wildman–Crippen LogP) is 4.21. The molecule has 0 aromatic heterocycles. The fourth-order valence-electron chi connectivity index (χ4n) is 2.52. The van der Waals surface area contributed by atoms with Gasteiger partial charge in [-0.15, -0.1) is 0 Å². The summed E-state index contributed by atoms with van der Waals surface area (Å²) in [7, 11) is 1.84. The van der Waals surface area contributed by atoms with Crippen LogP contribution in [0.4, 0.5) is 22.7 Å². The summed E-state index contributed by atoms with van der Waals surface area (Å²) in [5.74, 6) is 0. The van der Waals surface area contributed by atoms with E-state index >= 15 is 0 Å². The first-order valence-electron chi connectivity index (χ1n) is 7.40. The number of rotatable bonds is 6. The van der Waals surface area contributed by atoms with Gasteiger partial charge in [0, 0.05) is 37.6 Å². The van der Waals surface area contributed by atoms with Crippen LogP contribution in [-0.2, 0) is 0 Å². The van der Waals surface area contributed by atoms with Crippen LogP contribution in [0, 0.1) is 10.1 Å². The molecule has 0 amide bonds. The van der Waals surface area contributed by atoms with Crippen LogP contribution in [0.3, 0.4) is 0 Å². The van der Waals surface area contributed by atoms with Crippen LogP contribution in [0.15, 0.2) is 48.5 Å². The number of nitrogens with zero attached hydrogens (tertiary/aromatic N) is 3. The molecule has 0 saturated carbocycles. The molecule has 5 nitrogen and oxygen atoms in total. The summed E-state index contributed by atoms with van der Waals surface area (Å²) in [6, 6.07) is 14.9. The predicted molar refractivity (Wildman–Crippen MR) is 91.2 cm³/mol. The summed E-state index contributed by atoms with van der Waals surface area (Å²) in [4.78, 5) is 14.9. The number of nitro groups is 1. The van der Waals surface area contributed by atoms with Gasteiger partial charge < -0.3 is 9.80 Å². The van der Waals surface area contributed by atoms with E-state index in [9.17, 15) is 10.1 Å². The quantitative estimate of drug-likeness (QED) is 0.592. The summed E-state index contributed by atoms with van der Waals surface area (Å²) >= 11 is 0. The summed E-state index contributed by atoms with van der Waals surface area (Å²) in [6.07, 6.45) is 0. The molecule has 0 atom stereocenters. The van der Waals surface area contributed by atoms with E-state index in [2.05, 4.69) is 18.7 Å². The molecular weight excluding hydrogens is 278 g/mol. The van der Waals surface area contributed by atoms with E-state index in [1.165, 1.54) is 6.07 Å². The zero-order valence-electron chi connectivity index (χ0n) is 13.2. The van der Waals surface area contributed by atoms with E-state index in [4.69, 9.17) is 0 Å². The van der Waals surface area contributed by atoms with Gasteiger partial charge in [-0.1, -0.05) is 12.1 Å². The van der Waals surface area contributed by atoms with Crippen LogP contribution in [0.2, 0.25) is 0 Å². The molecule has 0 heterocycles. The Bertz CT molecular complexity index is 637. The molecule has 0 aliphatic carbocycles. The summed E-state index contributed by atoms with van der Waals surface area (Å²) in [5, 5.41) is 11.2. The second-order valence-electron chi connectivity index (χ2n) is 4.99. The molecule has 0 saturated heterocycles. The molecule has 0 N–H and O–H groups in total. The highest BCUT2D eigenvalue weighted by molar-refractivity contribution is 5.72. The Hall–Kier alpha value is -2.56. The molecule has 2 aromatic carbocycles. The maximum absolute atomic E-state index is 11.2. The van der Waals surface area contributed by atoms with Crippen LogP contribution in [0.1, 0.15) is 13.8 Å². The van der Waals surface area contributed by atoms with E-state index in [0.717, 1.165) is 24.5 Å². The minimum atomic E-state index is -0.351. The van der Waals surface area contributed by atoms with Gasteiger partial charge in [0.05, 0.1) is 4.92 Å². The minimum Gasteiger partial charge on any atom is -0.372 e. The number of anilines is 3. The van der Waals surface area contributed by atoms with E-state index in [0.29, 0.717) is 5.69 Å². The average molecular weight is 299 g/mol. The van der Waals surface area contributed by atoms with Crippen LogP contribution in [0.25, 0.3) is 0 Å². The smallest absolute Gasteiger partial charge is 0.292 e. The molecule has 5 heteroatoms. The van der Waals surface area contributed by atoms with Crippen LogP contribution in [0.5, 0.6) is 0 Å². The van der Waals surface area contributed by atoms with Crippen molar-refractivity contribution in [1.29, 1.82) is 0 Å². The highest BCUT2D eigenvalue weighted by atomic mass is 16.6. The summed E-state index contributed by atoms with van der Waals surface area (Å²) in [5.41, 5.74) is 2.77. The maximum Gasteiger partial charge on any atom is 0.292 e. The lowest BCUT2D eigenvalue weighted by atomic mass is 10.2. The van der Waals surface area contributed by atoms with Crippen molar-refractivity contribution in [1.82, 2.24) is 0 Å². The van der Waals surface area contributed by atoms with Crippen molar-refractivity contribution in [2.45, 2.75) is 13.8 Å². The number of hydrogen-bond donors (Lipinski definition) is 0. The fourth-order valence-corrected chi connectivity index (χ4v) is 2.52. The minimum absolute atomic E-state index is 0.109. The van der Waals surface area contributed by atoms with Crippen molar-refractivity contribution < 1.29 is 4.92 Å². The van der Waals surface area contributed by atoms with E-state index < -0.39 is 0 Å². The van der Waals surface area contributed by atoms with Crippen LogP contribution < -0.4 is 9.80 Å². The number of benzene rings is 2. The molecule has 0 aliphatic rings. The molecule has 0 unspecified atom stereocenters. The van der Waals surface area contributed by atoms with Gasteiger partial charge in [-0.25, -0.2) is 0 Å². The molecule has 0 bridgehead atoms. The largest absolute Gasteiger partial charge is 0.372 e. The van der Waals surface area contributed by atoms with Crippen molar-refractivity contribution >= 4 is 22.7 Å². The average Bonchev–Trinajstić information content (AvgIpc) is 2.56. The van der Waals surface area contributed by atoms with Gasteiger partial charge >= 0.3 is 0 Å². The third-order valence-electron chi connectivity index (χ3n) is 3.81. The third-order valence-corrected chi connectivity index (χ3v) is 3.81. The topological polar surface area (TPSA) is 49.6 Å². The van der Waals surface area contributed by atoms with Gasteiger partial charge in [0.1, 0.15) is 5.69 Å².